The Morgan fingerprint density at radius 2 is 1.27 bits per heavy atom. The molecule has 0 saturated heterocycles. The molecule has 1 rings (SSSR count). The second kappa shape index (κ2) is 13.4. The smallest absolute Gasteiger partial charge is 0.311 e. The van der Waals surface area contributed by atoms with E-state index in [0.29, 0.717) is 24.3 Å². The van der Waals surface area contributed by atoms with E-state index in [1.807, 2.05) is 0 Å². The predicted molar refractivity (Wildman–Crippen MR) is 104 cm³/mol. The molecule has 0 radical (unpaired) electrons. The quantitative estimate of drug-likeness (QED) is 0.243. The molecule has 0 heterocycles. The highest BCUT2D eigenvalue weighted by molar-refractivity contribution is 5.73. The molecule has 146 valence electrons. The first-order chi connectivity index (χ1) is 12.6. The Hall–Kier alpha value is -1.84. The number of esters is 2. The molecule has 0 unspecified atom stereocenters. The lowest BCUT2D eigenvalue weighted by Gasteiger charge is -2.11. The maximum absolute atomic E-state index is 11.9. The Bertz CT molecular complexity index is 517. The van der Waals surface area contributed by atoms with Crippen LogP contribution in [0.4, 0.5) is 0 Å². The van der Waals surface area contributed by atoms with Gasteiger partial charge in [-0.3, -0.25) is 9.59 Å². The van der Waals surface area contributed by atoms with Crippen LogP contribution < -0.4 is 9.47 Å². The van der Waals surface area contributed by atoms with Crippen molar-refractivity contribution in [2.24, 2.45) is 5.92 Å². The molecule has 0 N–H and O–H groups in total. The Morgan fingerprint density at radius 1 is 0.769 bits per heavy atom. The van der Waals surface area contributed by atoms with Gasteiger partial charge < -0.3 is 9.47 Å². The number of carbonyl (C=O) groups excluding carboxylic acids is 2. The Morgan fingerprint density at radius 3 is 1.81 bits per heavy atom. The average Bonchev–Trinajstić information content (AvgIpc) is 2.65. The molecular weight excluding hydrogens is 328 g/mol. The van der Waals surface area contributed by atoms with E-state index in [2.05, 4.69) is 13.8 Å². The molecule has 1 aromatic rings. The second-order valence-corrected chi connectivity index (χ2v) is 6.76. The highest BCUT2D eigenvalue weighted by Gasteiger charge is 2.07. The van der Waals surface area contributed by atoms with Gasteiger partial charge >= 0.3 is 11.9 Å². The molecular formula is C22H34O4. The van der Waals surface area contributed by atoms with Crippen molar-refractivity contribution in [1.82, 2.24) is 0 Å². The molecule has 0 spiro atoms. The Labute approximate surface area is 158 Å². The van der Waals surface area contributed by atoms with E-state index in [4.69, 9.17) is 9.47 Å². The molecule has 0 amide bonds. The summed E-state index contributed by atoms with van der Waals surface area (Å²) < 4.78 is 10.4. The van der Waals surface area contributed by atoms with Gasteiger partial charge in [0.25, 0.3) is 0 Å². The van der Waals surface area contributed by atoms with E-state index >= 15 is 0 Å². The van der Waals surface area contributed by atoms with Crippen LogP contribution in [0.5, 0.6) is 11.5 Å². The first kappa shape index (κ1) is 22.2. The molecule has 26 heavy (non-hydrogen) atoms. The van der Waals surface area contributed by atoms with E-state index < -0.39 is 0 Å². The lowest BCUT2D eigenvalue weighted by molar-refractivity contribution is -0.135. The van der Waals surface area contributed by atoms with Crippen LogP contribution in [-0.2, 0) is 9.59 Å². The van der Waals surface area contributed by atoms with E-state index in [9.17, 15) is 9.59 Å². The summed E-state index contributed by atoms with van der Waals surface area (Å²) in [5.41, 5.74) is 0. The fourth-order valence-corrected chi connectivity index (χ4v) is 2.89. The Balaban J connectivity index is 2.14. The third kappa shape index (κ3) is 9.59. The van der Waals surface area contributed by atoms with Crippen LogP contribution in [0.15, 0.2) is 24.3 Å². The zero-order valence-corrected chi connectivity index (χ0v) is 16.6. The first-order valence-electron chi connectivity index (χ1n) is 10.1. The summed E-state index contributed by atoms with van der Waals surface area (Å²) in [6.07, 6.45) is 10.3. The summed E-state index contributed by atoms with van der Waals surface area (Å²) in [5, 5.41) is 0. The van der Waals surface area contributed by atoms with Crippen molar-refractivity contribution in [2.45, 2.75) is 85.0 Å². The summed E-state index contributed by atoms with van der Waals surface area (Å²) in [7, 11) is 0. The van der Waals surface area contributed by atoms with Crippen molar-refractivity contribution in [2.75, 3.05) is 0 Å². The molecule has 1 aromatic carbocycles. The van der Waals surface area contributed by atoms with E-state index in [1.54, 1.807) is 31.2 Å². The lowest BCUT2D eigenvalue weighted by Crippen LogP contribution is -2.08. The van der Waals surface area contributed by atoms with Crippen LogP contribution in [-0.4, -0.2) is 11.9 Å². The molecule has 0 atom stereocenters. The standard InChI is InChI=1S/C22H34O4/c1-4-18(5-2)12-10-8-7-9-11-13-22(24)26-20-16-14-19(15-17-20)25-21(23)6-3/h14-18H,4-13H2,1-3H3. The maximum Gasteiger partial charge on any atom is 0.311 e. The topological polar surface area (TPSA) is 52.6 Å². The van der Waals surface area contributed by atoms with Gasteiger partial charge in [-0.25, -0.2) is 0 Å². The first-order valence-corrected chi connectivity index (χ1v) is 10.1. The normalized spacial score (nSPS) is 10.8. The van der Waals surface area contributed by atoms with Crippen LogP contribution >= 0.6 is 0 Å². The van der Waals surface area contributed by atoms with E-state index in [-0.39, 0.29) is 11.9 Å². The van der Waals surface area contributed by atoms with Crippen LogP contribution in [0.2, 0.25) is 0 Å². The molecule has 0 aliphatic heterocycles. The molecule has 4 nitrogen and oxygen atoms in total. The number of carbonyl (C=O) groups is 2. The summed E-state index contributed by atoms with van der Waals surface area (Å²) in [6, 6.07) is 6.56. The number of benzene rings is 1. The minimum atomic E-state index is -0.283. The van der Waals surface area contributed by atoms with Crippen molar-refractivity contribution in [1.29, 1.82) is 0 Å². The molecule has 0 aliphatic carbocycles. The fourth-order valence-electron chi connectivity index (χ4n) is 2.89. The summed E-state index contributed by atoms with van der Waals surface area (Å²) in [4.78, 5) is 23.1. The minimum Gasteiger partial charge on any atom is -0.427 e. The largest absolute Gasteiger partial charge is 0.427 e. The number of hydrogen-bond donors (Lipinski definition) is 0. The highest BCUT2D eigenvalue weighted by atomic mass is 16.5. The summed E-state index contributed by atoms with van der Waals surface area (Å²) in [5.74, 6) is 1.33. The second-order valence-electron chi connectivity index (χ2n) is 6.76. The zero-order chi connectivity index (χ0) is 19.2. The SMILES string of the molecule is CCC(=O)Oc1ccc(OC(=O)CCCCCCCC(CC)CC)cc1. The Kier molecular flexibility index (Phi) is 11.4. The monoisotopic (exact) mass is 362 g/mol. The fraction of sp³-hybridized carbons (Fsp3) is 0.636. The molecule has 0 fully saturated rings. The minimum absolute atomic E-state index is 0.208. The maximum atomic E-state index is 11.9. The average molecular weight is 363 g/mol. The third-order valence-electron chi connectivity index (χ3n) is 4.72. The molecule has 0 bridgehead atoms. The van der Waals surface area contributed by atoms with Gasteiger partial charge in [0.1, 0.15) is 11.5 Å². The van der Waals surface area contributed by atoms with Crippen molar-refractivity contribution < 1.29 is 19.1 Å². The highest BCUT2D eigenvalue weighted by Crippen LogP contribution is 2.20. The van der Waals surface area contributed by atoms with Crippen molar-refractivity contribution >= 4 is 11.9 Å². The van der Waals surface area contributed by atoms with Crippen molar-refractivity contribution in [3.63, 3.8) is 0 Å². The summed E-state index contributed by atoms with van der Waals surface area (Å²) in [6.45, 7) is 6.28. The zero-order valence-electron chi connectivity index (χ0n) is 16.6. The van der Waals surface area contributed by atoms with Gasteiger partial charge in [0.15, 0.2) is 0 Å². The van der Waals surface area contributed by atoms with Crippen LogP contribution in [0, 0.1) is 5.92 Å². The third-order valence-corrected chi connectivity index (χ3v) is 4.72. The number of rotatable bonds is 13. The van der Waals surface area contributed by atoms with Crippen LogP contribution in [0.1, 0.15) is 85.0 Å². The van der Waals surface area contributed by atoms with Crippen LogP contribution in [0.3, 0.4) is 0 Å². The molecule has 4 heteroatoms. The molecule has 0 aromatic heterocycles. The van der Waals surface area contributed by atoms with Gasteiger partial charge in [-0.1, -0.05) is 65.7 Å². The van der Waals surface area contributed by atoms with Crippen molar-refractivity contribution in [3.8, 4) is 11.5 Å². The van der Waals surface area contributed by atoms with Gasteiger partial charge in [-0.15, -0.1) is 0 Å². The van der Waals surface area contributed by atoms with Gasteiger partial charge in [0, 0.05) is 12.8 Å². The molecule has 0 saturated carbocycles. The van der Waals surface area contributed by atoms with Gasteiger partial charge in [0.2, 0.25) is 0 Å². The van der Waals surface area contributed by atoms with Gasteiger partial charge in [-0.2, -0.15) is 0 Å². The lowest BCUT2D eigenvalue weighted by atomic mass is 9.96. The predicted octanol–water partition coefficient (Wildman–Crippen LogP) is 6.07. The van der Waals surface area contributed by atoms with Gasteiger partial charge in [0.05, 0.1) is 0 Å². The van der Waals surface area contributed by atoms with Crippen LogP contribution in [0.25, 0.3) is 0 Å². The number of ether oxygens (including phenoxy) is 2. The van der Waals surface area contributed by atoms with Gasteiger partial charge in [-0.05, 0) is 36.6 Å². The summed E-state index contributed by atoms with van der Waals surface area (Å²) >= 11 is 0. The number of hydrogen-bond acceptors (Lipinski definition) is 4. The number of unbranched alkanes of at least 4 members (excludes halogenated alkanes) is 4. The van der Waals surface area contributed by atoms with E-state index in [1.165, 1.54) is 38.5 Å². The van der Waals surface area contributed by atoms with E-state index in [0.717, 1.165) is 18.8 Å². The molecule has 0 aliphatic rings. The van der Waals surface area contributed by atoms with Crippen molar-refractivity contribution in [3.05, 3.63) is 24.3 Å².